The molecule has 3 amide bonds. The third kappa shape index (κ3) is 8.10. The van der Waals surface area contributed by atoms with Gasteiger partial charge in [-0.2, -0.15) is 0 Å². The van der Waals surface area contributed by atoms with E-state index in [1.54, 1.807) is 0 Å². The maximum absolute atomic E-state index is 14.2. The van der Waals surface area contributed by atoms with Crippen molar-refractivity contribution >= 4 is 46.2 Å². The molecular formula is C37H51ClN6O7. The molecule has 1 aromatic heterocycles. The molecule has 3 heterocycles. The number of carbonyl (C=O) groups is 3. The fourth-order valence-electron chi connectivity index (χ4n) is 7.95. The van der Waals surface area contributed by atoms with Crippen LogP contribution in [-0.4, -0.2) is 109 Å². The zero-order valence-corrected chi connectivity index (χ0v) is 30.7. The van der Waals surface area contributed by atoms with E-state index in [9.17, 15) is 14.4 Å². The first-order chi connectivity index (χ1) is 24.4. The number of alkyl carbamates (subject to hydrolysis) is 1. The molecule has 3 saturated carbocycles. The number of nitrogens with two attached hydrogens (primary N) is 1. The summed E-state index contributed by atoms with van der Waals surface area (Å²) in [5.41, 5.74) is 5.73. The van der Waals surface area contributed by atoms with Crippen molar-refractivity contribution in [2.24, 2.45) is 28.9 Å². The van der Waals surface area contributed by atoms with Crippen LogP contribution in [0.2, 0.25) is 5.02 Å². The van der Waals surface area contributed by atoms with Crippen molar-refractivity contribution in [1.29, 1.82) is 0 Å². The van der Waals surface area contributed by atoms with E-state index in [0.717, 1.165) is 58.5 Å². The molecule has 2 aromatic rings. The fraction of sp³-hybridized carbons (Fsp3) is 0.676. The SMILES string of the molecule is CC1[C@H]2CC(OC(=O)N[C@H](C(=O)N3CC(Oc4cc(NC5CC5)nc5c(Cl)c(OCCN6CCOCC6)ccc45)C[C@H]3C(N)=O)C(C)(C)C)C[C@@H]12. The van der Waals surface area contributed by atoms with E-state index in [1.165, 1.54) is 4.90 Å². The van der Waals surface area contributed by atoms with Crippen molar-refractivity contribution in [2.45, 2.75) is 90.1 Å². The van der Waals surface area contributed by atoms with E-state index in [0.29, 0.717) is 63.6 Å². The lowest BCUT2D eigenvalue weighted by molar-refractivity contribution is -0.141. The average Bonchev–Trinajstić information content (AvgIpc) is 3.88. The summed E-state index contributed by atoms with van der Waals surface area (Å²) in [7, 11) is 0. The molecule has 0 radical (unpaired) electrons. The third-order valence-electron chi connectivity index (χ3n) is 11.2. The van der Waals surface area contributed by atoms with Gasteiger partial charge in [0.15, 0.2) is 0 Å². The summed E-state index contributed by atoms with van der Waals surface area (Å²) >= 11 is 6.93. The molecule has 3 unspecified atom stereocenters. The number of aromatic nitrogens is 1. The molecule has 51 heavy (non-hydrogen) atoms. The van der Waals surface area contributed by atoms with Gasteiger partial charge in [-0.3, -0.25) is 14.5 Å². The zero-order valence-electron chi connectivity index (χ0n) is 30.0. The van der Waals surface area contributed by atoms with Crippen LogP contribution in [0.5, 0.6) is 11.5 Å². The smallest absolute Gasteiger partial charge is 0.408 e. The zero-order chi connectivity index (χ0) is 36.0. The minimum atomic E-state index is -0.947. The summed E-state index contributed by atoms with van der Waals surface area (Å²) in [5.74, 6) is 2.56. The molecule has 2 saturated heterocycles. The number of anilines is 1. The van der Waals surface area contributed by atoms with Gasteiger partial charge >= 0.3 is 6.09 Å². The number of fused-ring (bicyclic) bond motifs is 2. The number of halogens is 1. The van der Waals surface area contributed by atoms with Gasteiger partial charge in [-0.1, -0.05) is 39.3 Å². The van der Waals surface area contributed by atoms with Gasteiger partial charge in [-0.25, -0.2) is 9.78 Å². The second kappa shape index (κ2) is 14.5. The standard InChI is InChI=1S/C37H51ClN6O7/c1-20-25-15-22(16-26(20)25)51-36(47)42-33(37(2,3)4)35(46)44-19-23(17-27(44)34(39)45)50-29-18-30(40-21-5-6-21)41-32-24(29)7-8-28(31(32)38)49-14-11-43-9-12-48-13-10-43/h7-8,18,20-23,25-27,33H,5-6,9-17,19H2,1-4H3,(H2,39,45)(H,40,41)(H,42,47)/t20?,22?,23?,25-,26+,27-,33+/m0/s1. The highest BCUT2D eigenvalue weighted by Gasteiger charge is 2.54. The lowest BCUT2D eigenvalue weighted by Crippen LogP contribution is -2.57. The fourth-order valence-corrected chi connectivity index (χ4v) is 8.21. The largest absolute Gasteiger partial charge is 0.491 e. The van der Waals surface area contributed by atoms with Gasteiger partial charge in [0.2, 0.25) is 11.8 Å². The second-order valence-electron chi connectivity index (χ2n) is 16.0. The highest BCUT2D eigenvalue weighted by atomic mass is 35.5. The van der Waals surface area contributed by atoms with Crippen molar-refractivity contribution < 1.29 is 33.3 Å². The van der Waals surface area contributed by atoms with Crippen LogP contribution in [0, 0.1) is 23.2 Å². The maximum atomic E-state index is 14.2. The molecule has 278 valence electrons. The summed E-state index contributed by atoms with van der Waals surface area (Å²) in [5, 5.41) is 7.33. The van der Waals surface area contributed by atoms with Crippen molar-refractivity contribution in [3.05, 3.63) is 23.2 Å². The Morgan fingerprint density at radius 3 is 2.47 bits per heavy atom. The molecule has 2 aliphatic heterocycles. The Morgan fingerprint density at radius 1 is 1.08 bits per heavy atom. The van der Waals surface area contributed by atoms with Crippen LogP contribution >= 0.6 is 11.6 Å². The first kappa shape index (κ1) is 35.8. The van der Waals surface area contributed by atoms with Gasteiger partial charge in [0.25, 0.3) is 0 Å². The number of primary amides is 1. The minimum absolute atomic E-state index is 0.102. The Kier molecular flexibility index (Phi) is 10.2. The van der Waals surface area contributed by atoms with E-state index >= 15 is 0 Å². The summed E-state index contributed by atoms with van der Waals surface area (Å²) in [6.45, 7) is 12.3. The lowest BCUT2D eigenvalue weighted by atomic mass is 9.85. The molecule has 13 nitrogen and oxygen atoms in total. The molecule has 5 aliphatic rings. The number of ether oxygens (including phenoxy) is 4. The predicted octanol–water partition coefficient (Wildman–Crippen LogP) is 4.19. The van der Waals surface area contributed by atoms with Crippen LogP contribution in [-0.2, 0) is 19.1 Å². The first-order valence-corrected chi connectivity index (χ1v) is 18.8. The van der Waals surface area contributed by atoms with Crippen molar-refractivity contribution in [2.75, 3.05) is 51.3 Å². The summed E-state index contributed by atoms with van der Waals surface area (Å²) in [4.78, 5) is 48.6. The van der Waals surface area contributed by atoms with Crippen molar-refractivity contribution in [3.8, 4) is 11.5 Å². The van der Waals surface area contributed by atoms with Crippen molar-refractivity contribution in [1.82, 2.24) is 20.1 Å². The molecule has 3 aliphatic carbocycles. The third-order valence-corrected chi connectivity index (χ3v) is 11.6. The second-order valence-corrected chi connectivity index (χ2v) is 16.4. The lowest BCUT2D eigenvalue weighted by Gasteiger charge is -2.35. The maximum Gasteiger partial charge on any atom is 0.408 e. The molecule has 14 heteroatoms. The molecule has 7 rings (SSSR count). The number of benzene rings is 1. The number of nitrogens with one attached hydrogen (secondary N) is 2. The van der Waals surface area contributed by atoms with Crippen LogP contribution in [0.25, 0.3) is 10.9 Å². The number of rotatable bonds is 12. The molecule has 0 bridgehead atoms. The van der Waals surface area contributed by atoms with Crippen LogP contribution in [0.15, 0.2) is 18.2 Å². The summed E-state index contributed by atoms with van der Waals surface area (Å²) in [6, 6.07) is 3.99. The number of morpholine rings is 1. The van der Waals surface area contributed by atoms with Crippen LogP contribution in [0.1, 0.15) is 59.8 Å². The van der Waals surface area contributed by atoms with E-state index in [4.69, 9.17) is 41.3 Å². The highest BCUT2D eigenvalue weighted by molar-refractivity contribution is 6.36. The summed E-state index contributed by atoms with van der Waals surface area (Å²) in [6.07, 6.45) is 2.68. The number of carbonyl (C=O) groups excluding carboxylic acids is 3. The van der Waals surface area contributed by atoms with Gasteiger partial charge in [0.1, 0.15) is 53.2 Å². The molecular weight excluding hydrogens is 676 g/mol. The van der Waals surface area contributed by atoms with E-state index in [2.05, 4.69) is 22.5 Å². The van der Waals surface area contributed by atoms with Gasteiger partial charge in [-0.05, 0) is 61.0 Å². The molecule has 5 fully saturated rings. The van der Waals surface area contributed by atoms with Crippen LogP contribution in [0.3, 0.4) is 0 Å². The Hall–Kier alpha value is -3.55. The van der Waals surface area contributed by atoms with Gasteiger partial charge in [0.05, 0.1) is 25.3 Å². The number of pyridine rings is 1. The van der Waals surface area contributed by atoms with Gasteiger partial charge < -0.3 is 40.2 Å². The number of likely N-dealkylation sites (tertiary alicyclic amines) is 1. The average molecular weight is 727 g/mol. The quantitative estimate of drug-likeness (QED) is 0.290. The number of hydrogen-bond donors (Lipinski definition) is 3. The Morgan fingerprint density at radius 2 is 1.80 bits per heavy atom. The highest BCUT2D eigenvalue weighted by Crippen LogP contribution is 2.57. The number of nitrogens with zero attached hydrogens (tertiary/aromatic N) is 3. The monoisotopic (exact) mass is 726 g/mol. The van der Waals surface area contributed by atoms with Gasteiger partial charge in [-0.15, -0.1) is 0 Å². The van der Waals surface area contributed by atoms with E-state index in [-0.39, 0.29) is 19.1 Å². The van der Waals surface area contributed by atoms with Crippen LogP contribution < -0.4 is 25.8 Å². The summed E-state index contributed by atoms with van der Waals surface area (Å²) < 4.78 is 23.9. The molecule has 0 spiro atoms. The van der Waals surface area contributed by atoms with Gasteiger partial charge in [0, 0.05) is 43.5 Å². The number of amides is 3. The number of hydrogen-bond acceptors (Lipinski definition) is 10. The topological polar surface area (TPSA) is 158 Å². The van der Waals surface area contributed by atoms with Crippen LogP contribution in [0.4, 0.5) is 10.6 Å². The molecule has 4 N–H and O–H groups in total. The normalized spacial score (nSPS) is 28.2. The Labute approximate surface area is 304 Å². The Bertz CT molecular complexity index is 1630. The first-order valence-electron chi connectivity index (χ1n) is 18.4. The molecule has 1 aromatic carbocycles. The Balaban J connectivity index is 1.07. The minimum Gasteiger partial charge on any atom is -0.491 e. The van der Waals surface area contributed by atoms with E-state index < -0.39 is 41.5 Å². The predicted molar refractivity (Wildman–Crippen MR) is 192 cm³/mol. The van der Waals surface area contributed by atoms with E-state index in [1.807, 2.05) is 39.0 Å². The molecule has 7 atom stereocenters. The van der Waals surface area contributed by atoms with Crippen molar-refractivity contribution in [3.63, 3.8) is 0 Å².